The minimum Gasteiger partial charge on any atom is -0.359 e. The predicted octanol–water partition coefficient (Wildman–Crippen LogP) is 3.56. The first kappa shape index (κ1) is 12.9. The molecule has 0 aliphatic heterocycles. The van der Waals surface area contributed by atoms with Crippen LogP contribution in [0.1, 0.15) is 25.0 Å². The number of methoxy groups -OCH3 is 1. The molecule has 1 aromatic carbocycles. The summed E-state index contributed by atoms with van der Waals surface area (Å²) in [6.45, 7) is 6.25. The molecule has 0 aliphatic carbocycles. The van der Waals surface area contributed by atoms with Crippen molar-refractivity contribution in [3.8, 4) is 0 Å². The lowest BCUT2D eigenvalue weighted by molar-refractivity contribution is -0.0906. The van der Waals surface area contributed by atoms with Crippen LogP contribution in [0.15, 0.2) is 43.0 Å². The van der Waals surface area contributed by atoms with Crippen molar-refractivity contribution in [2.75, 3.05) is 13.9 Å². The first-order valence-electron chi connectivity index (χ1n) is 5.56. The van der Waals surface area contributed by atoms with Gasteiger partial charge in [-0.25, -0.2) is 0 Å². The van der Waals surface area contributed by atoms with Crippen LogP contribution in [0.2, 0.25) is 0 Å². The Balaban J connectivity index is 2.74. The maximum absolute atomic E-state index is 5.72. The van der Waals surface area contributed by atoms with Gasteiger partial charge in [-0.05, 0) is 17.9 Å². The van der Waals surface area contributed by atoms with Crippen LogP contribution in [0.3, 0.4) is 0 Å². The van der Waals surface area contributed by atoms with Crippen molar-refractivity contribution >= 4 is 0 Å². The molecule has 0 aromatic heterocycles. The third kappa shape index (κ3) is 3.80. The molecule has 0 N–H and O–H groups in total. The zero-order valence-corrected chi connectivity index (χ0v) is 10.1. The highest BCUT2D eigenvalue weighted by Crippen LogP contribution is 2.28. The highest BCUT2D eigenvalue weighted by atomic mass is 16.7. The number of allylic oxidation sites excluding steroid dienone is 1. The van der Waals surface area contributed by atoms with E-state index in [0.29, 0.717) is 12.7 Å². The molecule has 0 spiro atoms. The Bertz CT molecular complexity index is 295. The van der Waals surface area contributed by atoms with E-state index in [-0.39, 0.29) is 6.10 Å². The Hall–Kier alpha value is -1.12. The van der Waals surface area contributed by atoms with Crippen LogP contribution in [0.5, 0.6) is 0 Å². The Morgan fingerprint density at radius 1 is 1.31 bits per heavy atom. The summed E-state index contributed by atoms with van der Waals surface area (Å²) in [4.78, 5) is 0. The average Bonchev–Trinajstić information content (AvgIpc) is 2.31. The van der Waals surface area contributed by atoms with Crippen LogP contribution in [0, 0.1) is 5.92 Å². The van der Waals surface area contributed by atoms with E-state index in [4.69, 9.17) is 9.47 Å². The quantitative estimate of drug-likeness (QED) is 0.516. The summed E-state index contributed by atoms with van der Waals surface area (Å²) < 4.78 is 10.7. The fourth-order valence-electron chi connectivity index (χ4n) is 1.76. The van der Waals surface area contributed by atoms with Gasteiger partial charge in [0, 0.05) is 7.11 Å². The zero-order chi connectivity index (χ0) is 11.8. The van der Waals surface area contributed by atoms with Gasteiger partial charge < -0.3 is 9.47 Å². The van der Waals surface area contributed by atoms with Crippen molar-refractivity contribution in [2.45, 2.75) is 19.4 Å². The Morgan fingerprint density at radius 2 is 2.00 bits per heavy atom. The van der Waals surface area contributed by atoms with Gasteiger partial charge >= 0.3 is 0 Å². The SMILES string of the molecule is C=CC[C@H](C)[C@@H](OCOC)c1ccccc1. The summed E-state index contributed by atoms with van der Waals surface area (Å²) in [6.07, 6.45) is 2.93. The Labute approximate surface area is 97.9 Å². The van der Waals surface area contributed by atoms with Gasteiger partial charge in [-0.15, -0.1) is 6.58 Å². The van der Waals surface area contributed by atoms with Crippen molar-refractivity contribution < 1.29 is 9.47 Å². The number of benzene rings is 1. The van der Waals surface area contributed by atoms with E-state index < -0.39 is 0 Å². The molecular formula is C14H20O2. The number of ether oxygens (including phenoxy) is 2. The van der Waals surface area contributed by atoms with Crippen molar-refractivity contribution in [3.05, 3.63) is 48.6 Å². The second kappa shape index (κ2) is 7.20. The zero-order valence-electron chi connectivity index (χ0n) is 10.1. The van der Waals surface area contributed by atoms with E-state index in [1.807, 2.05) is 24.3 Å². The van der Waals surface area contributed by atoms with Gasteiger partial charge in [-0.2, -0.15) is 0 Å². The fraction of sp³-hybridized carbons (Fsp3) is 0.429. The van der Waals surface area contributed by atoms with E-state index in [1.165, 1.54) is 5.56 Å². The van der Waals surface area contributed by atoms with E-state index >= 15 is 0 Å². The van der Waals surface area contributed by atoms with Gasteiger partial charge in [0.15, 0.2) is 0 Å². The van der Waals surface area contributed by atoms with E-state index in [1.54, 1.807) is 7.11 Å². The van der Waals surface area contributed by atoms with Crippen molar-refractivity contribution in [2.24, 2.45) is 5.92 Å². The number of hydrogen-bond donors (Lipinski definition) is 0. The van der Waals surface area contributed by atoms with Gasteiger partial charge in [-0.1, -0.05) is 43.3 Å². The van der Waals surface area contributed by atoms with Crippen LogP contribution >= 0.6 is 0 Å². The molecule has 1 rings (SSSR count). The lowest BCUT2D eigenvalue weighted by Crippen LogP contribution is -2.14. The first-order valence-corrected chi connectivity index (χ1v) is 5.56. The van der Waals surface area contributed by atoms with Crippen LogP contribution in [0.4, 0.5) is 0 Å². The molecule has 0 saturated carbocycles. The standard InChI is InChI=1S/C14H20O2/c1-4-8-12(2)14(16-11-15-3)13-9-6-5-7-10-13/h4-7,9-10,12,14H,1,8,11H2,2-3H3/t12-,14+/m0/s1. The van der Waals surface area contributed by atoms with Gasteiger partial charge in [0.2, 0.25) is 0 Å². The second-order valence-electron chi connectivity index (χ2n) is 3.91. The van der Waals surface area contributed by atoms with E-state index in [9.17, 15) is 0 Å². The molecule has 88 valence electrons. The summed E-state index contributed by atoms with van der Waals surface area (Å²) in [7, 11) is 1.64. The predicted molar refractivity (Wildman–Crippen MR) is 66.1 cm³/mol. The molecule has 2 nitrogen and oxygen atoms in total. The molecule has 2 heteroatoms. The fourth-order valence-corrected chi connectivity index (χ4v) is 1.76. The number of hydrogen-bond acceptors (Lipinski definition) is 2. The molecule has 0 amide bonds. The molecule has 0 heterocycles. The summed E-state index contributed by atoms with van der Waals surface area (Å²) >= 11 is 0. The van der Waals surface area contributed by atoms with E-state index in [0.717, 1.165) is 6.42 Å². The summed E-state index contributed by atoms with van der Waals surface area (Å²) in [5.41, 5.74) is 1.19. The molecule has 0 unspecified atom stereocenters. The molecule has 16 heavy (non-hydrogen) atoms. The third-order valence-electron chi connectivity index (χ3n) is 2.55. The minimum absolute atomic E-state index is 0.0687. The van der Waals surface area contributed by atoms with Crippen LogP contribution in [0.25, 0.3) is 0 Å². The lowest BCUT2D eigenvalue weighted by Gasteiger charge is -2.23. The molecule has 1 aromatic rings. The van der Waals surface area contributed by atoms with Crippen molar-refractivity contribution in [1.82, 2.24) is 0 Å². The molecule has 0 fully saturated rings. The van der Waals surface area contributed by atoms with E-state index in [2.05, 4.69) is 25.6 Å². The topological polar surface area (TPSA) is 18.5 Å². The molecule has 0 aliphatic rings. The number of rotatable bonds is 7. The van der Waals surface area contributed by atoms with Gasteiger partial charge in [0.05, 0.1) is 6.10 Å². The maximum atomic E-state index is 5.72. The lowest BCUT2D eigenvalue weighted by atomic mass is 9.94. The summed E-state index contributed by atoms with van der Waals surface area (Å²) in [6, 6.07) is 10.2. The molecule has 0 bridgehead atoms. The smallest absolute Gasteiger partial charge is 0.147 e. The maximum Gasteiger partial charge on any atom is 0.147 e. The van der Waals surface area contributed by atoms with Gasteiger partial charge in [0.1, 0.15) is 6.79 Å². The van der Waals surface area contributed by atoms with Crippen LogP contribution < -0.4 is 0 Å². The van der Waals surface area contributed by atoms with Crippen molar-refractivity contribution in [3.63, 3.8) is 0 Å². The monoisotopic (exact) mass is 220 g/mol. The third-order valence-corrected chi connectivity index (χ3v) is 2.55. The largest absolute Gasteiger partial charge is 0.359 e. The van der Waals surface area contributed by atoms with Gasteiger partial charge in [-0.3, -0.25) is 0 Å². The molecular weight excluding hydrogens is 200 g/mol. The molecule has 0 saturated heterocycles. The Morgan fingerprint density at radius 3 is 2.56 bits per heavy atom. The Kier molecular flexibility index (Phi) is 5.83. The van der Waals surface area contributed by atoms with Gasteiger partial charge in [0.25, 0.3) is 0 Å². The summed E-state index contributed by atoms with van der Waals surface area (Å²) in [5, 5.41) is 0. The second-order valence-corrected chi connectivity index (χ2v) is 3.91. The van der Waals surface area contributed by atoms with Crippen LogP contribution in [-0.2, 0) is 9.47 Å². The molecule has 2 atom stereocenters. The highest BCUT2D eigenvalue weighted by molar-refractivity contribution is 5.18. The van der Waals surface area contributed by atoms with Crippen LogP contribution in [-0.4, -0.2) is 13.9 Å². The average molecular weight is 220 g/mol. The highest BCUT2D eigenvalue weighted by Gasteiger charge is 2.18. The molecule has 0 radical (unpaired) electrons. The first-order chi connectivity index (χ1) is 7.79. The summed E-state index contributed by atoms with van der Waals surface area (Å²) in [5.74, 6) is 0.398. The minimum atomic E-state index is 0.0687. The normalized spacial score (nSPS) is 14.4. The van der Waals surface area contributed by atoms with Crippen molar-refractivity contribution in [1.29, 1.82) is 0 Å².